The summed E-state index contributed by atoms with van der Waals surface area (Å²) in [5, 5.41) is 12.4. The first kappa shape index (κ1) is 15.8. The van der Waals surface area contributed by atoms with Gasteiger partial charge in [0.05, 0.1) is 22.9 Å². The van der Waals surface area contributed by atoms with Crippen molar-refractivity contribution in [3.05, 3.63) is 18.2 Å². The van der Waals surface area contributed by atoms with E-state index < -0.39 is 9.84 Å². The number of aliphatic hydroxyl groups excluding tert-OH is 1. The molecule has 1 rings (SSSR count). The van der Waals surface area contributed by atoms with Crippen molar-refractivity contribution in [2.45, 2.75) is 31.2 Å². The van der Waals surface area contributed by atoms with Gasteiger partial charge >= 0.3 is 0 Å². The van der Waals surface area contributed by atoms with Crippen LogP contribution in [0.2, 0.25) is 0 Å². The largest absolute Gasteiger partial charge is 0.397 e. The van der Waals surface area contributed by atoms with Crippen molar-refractivity contribution >= 4 is 21.2 Å². The fourth-order valence-electron chi connectivity index (χ4n) is 1.87. The van der Waals surface area contributed by atoms with Crippen LogP contribution in [0.15, 0.2) is 23.1 Å². The van der Waals surface area contributed by atoms with Crippen molar-refractivity contribution in [2.75, 3.05) is 23.9 Å². The zero-order chi connectivity index (χ0) is 14.6. The van der Waals surface area contributed by atoms with Gasteiger partial charge in [0.2, 0.25) is 0 Å². The van der Waals surface area contributed by atoms with E-state index >= 15 is 0 Å². The molecule has 0 fully saturated rings. The molecular formula is C13H22N2O3S. The van der Waals surface area contributed by atoms with Crippen LogP contribution in [0.25, 0.3) is 0 Å². The molecule has 0 radical (unpaired) electrons. The Morgan fingerprint density at radius 3 is 2.42 bits per heavy atom. The van der Waals surface area contributed by atoms with E-state index in [9.17, 15) is 13.5 Å². The molecule has 0 aliphatic carbocycles. The topological polar surface area (TPSA) is 92.4 Å². The first-order valence-electron chi connectivity index (χ1n) is 6.21. The molecule has 0 spiro atoms. The standard InChI is InChI=1S/C13H22N2O3S/c1-9(2)6-10(8-16)15-13-5-4-11(7-12(13)14)19(3,17)18/h4-5,7,9-10,15-16H,6,8,14H2,1-3H3. The number of sulfone groups is 1. The molecule has 1 aromatic carbocycles. The molecule has 0 amide bonds. The second-order valence-electron chi connectivity index (χ2n) is 5.17. The molecule has 1 aromatic rings. The summed E-state index contributed by atoms with van der Waals surface area (Å²) in [6.45, 7) is 4.15. The molecule has 0 heterocycles. The Labute approximate surface area is 114 Å². The first-order chi connectivity index (χ1) is 8.74. The smallest absolute Gasteiger partial charge is 0.175 e. The molecule has 0 aromatic heterocycles. The quantitative estimate of drug-likeness (QED) is 0.689. The zero-order valence-electron chi connectivity index (χ0n) is 11.6. The summed E-state index contributed by atoms with van der Waals surface area (Å²) in [7, 11) is -3.25. The Morgan fingerprint density at radius 2 is 2.00 bits per heavy atom. The Hall–Kier alpha value is -1.27. The molecule has 1 unspecified atom stereocenters. The van der Waals surface area contributed by atoms with Crippen molar-refractivity contribution in [3.8, 4) is 0 Å². The van der Waals surface area contributed by atoms with E-state index in [-0.39, 0.29) is 17.5 Å². The van der Waals surface area contributed by atoms with Crippen LogP contribution < -0.4 is 11.1 Å². The third-order valence-electron chi connectivity index (χ3n) is 2.79. The molecule has 19 heavy (non-hydrogen) atoms. The molecule has 0 aliphatic heterocycles. The number of hydrogen-bond acceptors (Lipinski definition) is 5. The minimum absolute atomic E-state index is 0.00540. The van der Waals surface area contributed by atoms with E-state index in [1.54, 1.807) is 6.07 Å². The van der Waals surface area contributed by atoms with Crippen LogP contribution >= 0.6 is 0 Å². The Bertz CT molecular complexity index is 527. The highest BCUT2D eigenvalue weighted by Crippen LogP contribution is 2.24. The summed E-state index contributed by atoms with van der Waals surface area (Å²) in [4.78, 5) is 0.194. The number of nitrogens with one attached hydrogen (secondary N) is 1. The molecule has 1 atom stereocenters. The number of nitrogen functional groups attached to an aromatic ring is 1. The number of rotatable bonds is 6. The van der Waals surface area contributed by atoms with Gasteiger partial charge in [0.15, 0.2) is 9.84 Å². The lowest BCUT2D eigenvalue weighted by Crippen LogP contribution is -2.26. The normalized spacial score (nSPS) is 13.5. The van der Waals surface area contributed by atoms with Gasteiger partial charge < -0.3 is 16.2 Å². The number of aliphatic hydroxyl groups is 1. The average molecular weight is 286 g/mol. The lowest BCUT2D eigenvalue weighted by atomic mass is 10.0. The highest BCUT2D eigenvalue weighted by atomic mass is 32.2. The summed E-state index contributed by atoms with van der Waals surface area (Å²) in [5.74, 6) is 0.446. The SMILES string of the molecule is CC(C)CC(CO)Nc1ccc(S(C)(=O)=O)cc1N. The van der Waals surface area contributed by atoms with Gasteiger partial charge in [-0.15, -0.1) is 0 Å². The maximum Gasteiger partial charge on any atom is 0.175 e. The first-order valence-corrected chi connectivity index (χ1v) is 8.10. The van der Waals surface area contributed by atoms with Crippen molar-refractivity contribution in [1.82, 2.24) is 0 Å². The van der Waals surface area contributed by atoms with Crippen molar-refractivity contribution in [1.29, 1.82) is 0 Å². The molecule has 0 bridgehead atoms. The highest BCUT2D eigenvalue weighted by Gasteiger charge is 2.13. The molecular weight excluding hydrogens is 264 g/mol. The van der Waals surface area contributed by atoms with Gasteiger partial charge in [-0.2, -0.15) is 0 Å². The van der Waals surface area contributed by atoms with Crippen molar-refractivity contribution in [3.63, 3.8) is 0 Å². The monoisotopic (exact) mass is 286 g/mol. The van der Waals surface area contributed by atoms with E-state index in [4.69, 9.17) is 5.73 Å². The van der Waals surface area contributed by atoms with Gasteiger partial charge in [-0.25, -0.2) is 8.42 Å². The molecule has 108 valence electrons. The van der Waals surface area contributed by atoms with E-state index in [1.165, 1.54) is 12.1 Å². The van der Waals surface area contributed by atoms with E-state index in [1.807, 2.05) is 0 Å². The van der Waals surface area contributed by atoms with Gasteiger partial charge in [0.25, 0.3) is 0 Å². The van der Waals surface area contributed by atoms with Crippen LogP contribution in [-0.4, -0.2) is 32.4 Å². The summed E-state index contributed by atoms with van der Waals surface area (Å²) in [6.07, 6.45) is 1.95. The molecule has 0 saturated heterocycles. The third-order valence-corrected chi connectivity index (χ3v) is 3.90. The average Bonchev–Trinajstić information content (AvgIpc) is 2.28. The van der Waals surface area contributed by atoms with Crippen LogP contribution in [0.3, 0.4) is 0 Å². The highest BCUT2D eigenvalue weighted by molar-refractivity contribution is 7.90. The second-order valence-corrected chi connectivity index (χ2v) is 7.19. The van der Waals surface area contributed by atoms with E-state index in [0.29, 0.717) is 17.3 Å². The van der Waals surface area contributed by atoms with Crippen molar-refractivity contribution < 1.29 is 13.5 Å². The van der Waals surface area contributed by atoms with Crippen molar-refractivity contribution in [2.24, 2.45) is 5.92 Å². The second kappa shape index (κ2) is 6.25. The third kappa shape index (κ3) is 4.72. The minimum atomic E-state index is -3.25. The Kier molecular flexibility index (Phi) is 5.20. The predicted octanol–water partition coefficient (Wildman–Crippen LogP) is 1.49. The van der Waals surface area contributed by atoms with Gasteiger partial charge in [0.1, 0.15) is 0 Å². The summed E-state index contributed by atoms with van der Waals surface area (Å²) in [6, 6.07) is 4.49. The molecule has 5 nitrogen and oxygen atoms in total. The fourth-order valence-corrected chi connectivity index (χ4v) is 2.53. The number of benzene rings is 1. The number of hydrogen-bond donors (Lipinski definition) is 3. The fraction of sp³-hybridized carbons (Fsp3) is 0.538. The van der Waals surface area contributed by atoms with E-state index in [0.717, 1.165) is 12.7 Å². The van der Waals surface area contributed by atoms with Crippen LogP contribution in [0.1, 0.15) is 20.3 Å². The maximum absolute atomic E-state index is 11.4. The van der Waals surface area contributed by atoms with Crippen LogP contribution in [-0.2, 0) is 9.84 Å². The van der Waals surface area contributed by atoms with Gasteiger partial charge in [0, 0.05) is 12.3 Å². The number of anilines is 2. The van der Waals surface area contributed by atoms with Crippen LogP contribution in [0, 0.1) is 5.92 Å². The van der Waals surface area contributed by atoms with Gasteiger partial charge in [-0.1, -0.05) is 13.8 Å². The zero-order valence-corrected chi connectivity index (χ0v) is 12.4. The van der Waals surface area contributed by atoms with Gasteiger partial charge in [-0.3, -0.25) is 0 Å². The van der Waals surface area contributed by atoms with E-state index in [2.05, 4.69) is 19.2 Å². The summed E-state index contributed by atoms with van der Waals surface area (Å²) in [5.41, 5.74) is 6.85. The van der Waals surface area contributed by atoms with Crippen LogP contribution in [0.4, 0.5) is 11.4 Å². The Balaban J connectivity index is 2.91. The molecule has 0 saturated carbocycles. The number of nitrogens with two attached hydrogens (primary N) is 1. The summed E-state index contributed by atoms with van der Waals surface area (Å²) < 4.78 is 22.8. The lowest BCUT2D eigenvalue weighted by Gasteiger charge is -2.20. The molecule has 4 N–H and O–H groups in total. The molecule has 6 heteroatoms. The Morgan fingerprint density at radius 1 is 1.37 bits per heavy atom. The minimum Gasteiger partial charge on any atom is -0.397 e. The predicted molar refractivity (Wildman–Crippen MR) is 77.9 cm³/mol. The summed E-state index contributed by atoms with van der Waals surface area (Å²) >= 11 is 0. The van der Waals surface area contributed by atoms with Gasteiger partial charge in [-0.05, 0) is 30.5 Å². The maximum atomic E-state index is 11.4. The van der Waals surface area contributed by atoms with Crippen LogP contribution in [0.5, 0.6) is 0 Å². The molecule has 0 aliphatic rings. The lowest BCUT2D eigenvalue weighted by molar-refractivity contribution is 0.259.